The fraction of sp³-hybridized carbons (Fsp3) is 0.308. The molecule has 1 heterocycles. The highest BCUT2D eigenvalue weighted by Crippen LogP contribution is 2.15. The molecule has 0 unspecified atom stereocenters. The minimum absolute atomic E-state index is 0.159. The topological polar surface area (TPSA) is 29.9 Å². The van der Waals surface area contributed by atoms with Crippen molar-refractivity contribution in [3.05, 3.63) is 52.8 Å². The van der Waals surface area contributed by atoms with Crippen LogP contribution in [0.4, 0.5) is 4.39 Å². The van der Waals surface area contributed by atoms with Gasteiger partial charge in [0.25, 0.3) is 0 Å². The SMILES string of the molecule is Cn1ccnc1CCNCc1ccc(Cl)c(F)c1. The Morgan fingerprint density at radius 2 is 2.28 bits per heavy atom. The van der Waals surface area contributed by atoms with Crippen LogP contribution < -0.4 is 5.32 Å². The van der Waals surface area contributed by atoms with Gasteiger partial charge in [0.05, 0.1) is 5.02 Å². The maximum Gasteiger partial charge on any atom is 0.142 e. The summed E-state index contributed by atoms with van der Waals surface area (Å²) in [6, 6.07) is 4.85. The van der Waals surface area contributed by atoms with Crippen molar-refractivity contribution in [2.45, 2.75) is 13.0 Å². The molecule has 18 heavy (non-hydrogen) atoms. The quantitative estimate of drug-likeness (QED) is 0.844. The molecule has 0 fully saturated rings. The third-order valence-corrected chi connectivity index (χ3v) is 3.07. The van der Waals surface area contributed by atoms with Gasteiger partial charge in [-0.05, 0) is 17.7 Å². The van der Waals surface area contributed by atoms with E-state index in [4.69, 9.17) is 11.6 Å². The zero-order valence-corrected chi connectivity index (χ0v) is 10.9. The minimum atomic E-state index is -0.375. The van der Waals surface area contributed by atoms with E-state index < -0.39 is 0 Å². The summed E-state index contributed by atoms with van der Waals surface area (Å²) < 4.78 is 15.2. The van der Waals surface area contributed by atoms with Crippen LogP contribution in [0, 0.1) is 5.82 Å². The molecule has 1 N–H and O–H groups in total. The van der Waals surface area contributed by atoms with Gasteiger partial charge in [0, 0.05) is 39.0 Å². The molecule has 0 saturated heterocycles. The largest absolute Gasteiger partial charge is 0.338 e. The molecule has 0 saturated carbocycles. The predicted molar refractivity (Wildman–Crippen MR) is 70.0 cm³/mol. The zero-order valence-electron chi connectivity index (χ0n) is 10.2. The monoisotopic (exact) mass is 267 g/mol. The van der Waals surface area contributed by atoms with Gasteiger partial charge in [-0.2, -0.15) is 0 Å². The van der Waals surface area contributed by atoms with Crippen molar-refractivity contribution < 1.29 is 4.39 Å². The van der Waals surface area contributed by atoms with Crippen LogP contribution in [0.15, 0.2) is 30.6 Å². The van der Waals surface area contributed by atoms with E-state index in [9.17, 15) is 4.39 Å². The van der Waals surface area contributed by atoms with E-state index in [-0.39, 0.29) is 10.8 Å². The van der Waals surface area contributed by atoms with Crippen molar-refractivity contribution >= 4 is 11.6 Å². The second-order valence-corrected chi connectivity index (χ2v) is 4.54. The lowest BCUT2D eigenvalue weighted by molar-refractivity contribution is 0.618. The lowest BCUT2D eigenvalue weighted by Crippen LogP contribution is -2.18. The highest BCUT2D eigenvalue weighted by Gasteiger charge is 2.01. The molecule has 0 spiro atoms. The lowest BCUT2D eigenvalue weighted by Gasteiger charge is -2.06. The van der Waals surface area contributed by atoms with Crippen LogP contribution in [0.25, 0.3) is 0 Å². The summed E-state index contributed by atoms with van der Waals surface area (Å²) in [5.74, 6) is 0.657. The smallest absolute Gasteiger partial charge is 0.142 e. The Bertz CT molecular complexity index is 525. The standard InChI is InChI=1S/C13H15ClFN3/c1-18-7-6-17-13(18)4-5-16-9-10-2-3-11(14)12(15)8-10/h2-3,6-8,16H,4-5,9H2,1H3. The van der Waals surface area contributed by atoms with E-state index in [0.29, 0.717) is 6.54 Å². The molecule has 0 aliphatic heterocycles. The summed E-state index contributed by atoms with van der Waals surface area (Å²) in [5.41, 5.74) is 0.886. The number of halogens is 2. The number of aryl methyl sites for hydroxylation is 1. The Kier molecular flexibility index (Phi) is 4.33. The molecule has 0 atom stereocenters. The van der Waals surface area contributed by atoms with Gasteiger partial charge >= 0.3 is 0 Å². The van der Waals surface area contributed by atoms with E-state index in [2.05, 4.69) is 10.3 Å². The van der Waals surface area contributed by atoms with Crippen molar-refractivity contribution in [2.24, 2.45) is 7.05 Å². The Morgan fingerprint density at radius 1 is 1.44 bits per heavy atom. The Hall–Kier alpha value is -1.39. The van der Waals surface area contributed by atoms with E-state index in [1.54, 1.807) is 12.3 Å². The van der Waals surface area contributed by atoms with Gasteiger partial charge in [-0.3, -0.25) is 0 Å². The third-order valence-electron chi connectivity index (χ3n) is 2.76. The molecule has 96 valence electrons. The van der Waals surface area contributed by atoms with E-state index >= 15 is 0 Å². The van der Waals surface area contributed by atoms with Crippen LogP contribution in [-0.2, 0) is 20.0 Å². The second-order valence-electron chi connectivity index (χ2n) is 4.13. The maximum atomic E-state index is 13.2. The first-order valence-corrected chi connectivity index (χ1v) is 6.15. The first-order valence-electron chi connectivity index (χ1n) is 5.77. The Balaban J connectivity index is 1.78. The van der Waals surface area contributed by atoms with Crippen molar-refractivity contribution in [3.63, 3.8) is 0 Å². The number of nitrogens with zero attached hydrogens (tertiary/aromatic N) is 2. The molecule has 5 heteroatoms. The Labute approximate surface area is 111 Å². The van der Waals surface area contributed by atoms with Crippen LogP contribution >= 0.6 is 11.6 Å². The first kappa shape index (κ1) is 13.1. The van der Waals surface area contributed by atoms with E-state index in [1.807, 2.05) is 23.9 Å². The summed E-state index contributed by atoms with van der Waals surface area (Å²) in [6.07, 6.45) is 4.55. The first-order chi connectivity index (χ1) is 8.66. The number of nitrogens with one attached hydrogen (secondary N) is 1. The average molecular weight is 268 g/mol. The molecule has 3 nitrogen and oxygen atoms in total. The van der Waals surface area contributed by atoms with Gasteiger partial charge in [0.1, 0.15) is 11.6 Å². The molecule has 1 aromatic carbocycles. The molecule has 0 bridgehead atoms. The van der Waals surface area contributed by atoms with Crippen LogP contribution in [0.2, 0.25) is 5.02 Å². The van der Waals surface area contributed by atoms with Crippen LogP contribution in [-0.4, -0.2) is 16.1 Å². The highest BCUT2D eigenvalue weighted by atomic mass is 35.5. The van der Waals surface area contributed by atoms with Crippen molar-refractivity contribution in [1.29, 1.82) is 0 Å². The molecule has 0 amide bonds. The Morgan fingerprint density at radius 3 is 2.94 bits per heavy atom. The van der Waals surface area contributed by atoms with Crippen molar-refractivity contribution in [1.82, 2.24) is 14.9 Å². The fourth-order valence-corrected chi connectivity index (χ4v) is 1.84. The summed E-state index contributed by atoms with van der Waals surface area (Å²) >= 11 is 5.62. The van der Waals surface area contributed by atoms with Crippen molar-refractivity contribution in [3.8, 4) is 0 Å². The molecular formula is C13H15ClFN3. The highest BCUT2D eigenvalue weighted by molar-refractivity contribution is 6.30. The lowest BCUT2D eigenvalue weighted by atomic mass is 10.2. The molecule has 2 aromatic rings. The van der Waals surface area contributed by atoms with Crippen LogP contribution in [0.1, 0.15) is 11.4 Å². The van der Waals surface area contributed by atoms with Gasteiger partial charge in [-0.1, -0.05) is 17.7 Å². The maximum absolute atomic E-state index is 13.2. The summed E-state index contributed by atoms with van der Waals surface area (Å²) in [4.78, 5) is 4.23. The number of benzene rings is 1. The average Bonchev–Trinajstić information content (AvgIpc) is 2.75. The van der Waals surface area contributed by atoms with Gasteiger partial charge in [-0.25, -0.2) is 9.37 Å². The number of hydrogen-bond acceptors (Lipinski definition) is 2. The number of rotatable bonds is 5. The molecular weight excluding hydrogens is 253 g/mol. The second kappa shape index (κ2) is 5.98. The summed E-state index contributed by atoms with van der Waals surface area (Å²) in [6.45, 7) is 1.42. The van der Waals surface area contributed by atoms with E-state index in [1.165, 1.54) is 6.07 Å². The number of hydrogen-bond donors (Lipinski definition) is 1. The van der Waals surface area contributed by atoms with Gasteiger partial charge in [0.2, 0.25) is 0 Å². The summed E-state index contributed by atoms with van der Waals surface area (Å²) in [5, 5.41) is 3.41. The van der Waals surface area contributed by atoms with Gasteiger partial charge < -0.3 is 9.88 Å². The van der Waals surface area contributed by atoms with Crippen LogP contribution in [0.3, 0.4) is 0 Å². The predicted octanol–water partition coefficient (Wildman–Crippen LogP) is 2.54. The van der Waals surface area contributed by atoms with E-state index in [0.717, 1.165) is 24.4 Å². The molecule has 0 aliphatic rings. The number of imidazole rings is 1. The van der Waals surface area contributed by atoms with Crippen molar-refractivity contribution in [2.75, 3.05) is 6.54 Å². The molecule has 0 radical (unpaired) electrons. The fourth-order valence-electron chi connectivity index (χ4n) is 1.72. The summed E-state index contributed by atoms with van der Waals surface area (Å²) in [7, 11) is 1.97. The number of aromatic nitrogens is 2. The van der Waals surface area contributed by atoms with Gasteiger partial charge in [-0.15, -0.1) is 0 Å². The van der Waals surface area contributed by atoms with Crippen LogP contribution in [0.5, 0.6) is 0 Å². The molecule has 0 aliphatic carbocycles. The molecule has 1 aromatic heterocycles. The normalized spacial score (nSPS) is 10.8. The zero-order chi connectivity index (χ0) is 13.0. The third kappa shape index (κ3) is 3.31. The van der Waals surface area contributed by atoms with Gasteiger partial charge in [0.15, 0.2) is 0 Å². The molecule has 2 rings (SSSR count). The minimum Gasteiger partial charge on any atom is -0.338 e.